The zero-order valence-corrected chi connectivity index (χ0v) is 6.17. The number of hydrogen-bond acceptors (Lipinski definition) is 1. The highest BCUT2D eigenvalue weighted by atomic mass is 32.2. The first-order chi connectivity index (χ1) is 3.91. The maximum absolute atomic E-state index is 3.76. The van der Waals surface area contributed by atoms with Crippen LogP contribution in [0.4, 0.5) is 0 Å². The summed E-state index contributed by atoms with van der Waals surface area (Å²) in [4.78, 5) is 0. The molecule has 0 nitrogen and oxygen atoms in total. The summed E-state index contributed by atoms with van der Waals surface area (Å²) in [5.74, 6) is 2.27. The minimum Gasteiger partial charge on any atom is -0.343 e. The summed E-state index contributed by atoms with van der Waals surface area (Å²) in [6.07, 6.45) is 3.66. The maximum Gasteiger partial charge on any atom is 0.130 e. The quantitative estimate of drug-likeness (QED) is 0.407. The molecule has 0 amide bonds. The Labute approximate surface area is 57.1 Å². The third kappa shape index (κ3) is 6.22. The van der Waals surface area contributed by atoms with E-state index in [-0.39, 0.29) is 0 Å². The van der Waals surface area contributed by atoms with Crippen molar-refractivity contribution in [2.45, 2.75) is 19.3 Å². The first kappa shape index (κ1) is 8.22. The Kier molecular flexibility index (Phi) is 7.42. The van der Waals surface area contributed by atoms with Crippen LogP contribution in [0.15, 0.2) is 0 Å². The molecule has 0 fully saturated rings. The fourth-order valence-electron chi connectivity index (χ4n) is 0.483. The molecule has 0 aromatic carbocycles. The fourth-order valence-corrected chi connectivity index (χ4v) is 1.10. The molecule has 0 radical (unpaired) electrons. The number of thioether (sulfide) groups is 1. The molecule has 48 valence electrons. The van der Waals surface area contributed by atoms with Gasteiger partial charge in [0, 0.05) is 0 Å². The summed E-state index contributed by atoms with van der Waals surface area (Å²) in [6, 6.07) is 0. The Morgan fingerprint density at radius 3 is 2.62 bits per heavy atom. The Bertz CT molecular complexity index is 29.4. The topological polar surface area (TPSA) is 0 Å². The summed E-state index contributed by atoms with van der Waals surface area (Å²) in [6.45, 7) is 7.49. The molecule has 0 spiro atoms. The number of rotatable bonds is 5. The highest BCUT2D eigenvalue weighted by molar-refractivity contribution is 7.99. The van der Waals surface area contributed by atoms with Crippen molar-refractivity contribution in [1.29, 1.82) is 0 Å². The van der Waals surface area contributed by atoms with Crippen molar-refractivity contribution in [2.24, 2.45) is 0 Å². The molecule has 0 aliphatic rings. The van der Waals surface area contributed by atoms with E-state index in [1.807, 2.05) is 11.8 Å². The van der Waals surface area contributed by atoms with Crippen LogP contribution in [0.3, 0.4) is 0 Å². The lowest BCUT2D eigenvalue weighted by molar-refractivity contribution is 0.821. The SMILES string of the molecule is [CH2+]CSCCCC[CH2-]. The van der Waals surface area contributed by atoms with Gasteiger partial charge in [-0.3, -0.25) is 0 Å². The predicted molar refractivity (Wildman–Crippen MR) is 41.9 cm³/mol. The van der Waals surface area contributed by atoms with Gasteiger partial charge in [0.05, 0.1) is 6.92 Å². The van der Waals surface area contributed by atoms with Gasteiger partial charge in [0.1, 0.15) is 5.75 Å². The van der Waals surface area contributed by atoms with Crippen LogP contribution in [0.25, 0.3) is 0 Å². The highest BCUT2D eigenvalue weighted by Crippen LogP contribution is 2.03. The van der Waals surface area contributed by atoms with Gasteiger partial charge in [-0.15, -0.1) is 11.8 Å². The molecule has 0 saturated heterocycles. The van der Waals surface area contributed by atoms with Crippen molar-refractivity contribution in [3.05, 3.63) is 13.8 Å². The third-order valence-electron chi connectivity index (χ3n) is 0.933. The molecule has 8 heavy (non-hydrogen) atoms. The zero-order valence-electron chi connectivity index (χ0n) is 5.36. The first-order valence-electron chi connectivity index (χ1n) is 3.08. The summed E-state index contributed by atoms with van der Waals surface area (Å²) >= 11 is 1.91. The second-order valence-corrected chi connectivity index (χ2v) is 2.90. The summed E-state index contributed by atoms with van der Waals surface area (Å²) in [5.41, 5.74) is 0. The van der Waals surface area contributed by atoms with Crippen molar-refractivity contribution >= 4 is 11.8 Å². The molecule has 1 heteroatoms. The van der Waals surface area contributed by atoms with Gasteiger partial charge in [-0.2, -0.15) is 6.42 Å². The third-order valence-corrected chi connectivity index (χ3v) is 1.80. The molecule has 0 aromatic rings. The van der Waals surface area contributed by atoms with Crippen LogP contribution < -0.4 is 0 Å². The molecule has 0 saturated carbocycles. The smallest absolute Gasteiger partial charge is 0.130 e. The van der Waals surface area contributed by atoms with Crippen LogP contribution in [0, 0.1) is 13.8 Å². The Morgan fingerprint density at radius 1 is 1.38 bits per heavy atom. The van der Waals surface area contributed by atoms with Crippen molar-refractivity contribution < 1.29 is 0 Å². The molecule has 0 N–H and O–H groups in total. The summed E-state index contributed by atoms with van der Waals surface area (Å²) in [5, 5.41) is 0. The highest BCUT2D eigenvalue weighted by Gasteiger charge is 1.84. The first-order valence-corrected chi connectivity index (χ1v) is 4.23. The second kappa shape index (κ2) is 7.22. The van der Waals surface area contributed by atoms with Crippen LogP contribution in [-0.4, -0.2) is 11.5 Å². The predicted octanol–water partition coefficient (Wildman–Crippen LogP) is 2.56. The van der Waals surface area contributed by atoms with Crippen LogP contribution in [-0.2, 0) is 0 Å². The molecule has 0 bridgehead atoms. The molecular weight excluding hydrogens is 116 g/mol. The minimum atomic E-state index is 1.01. The van der Waals surface area contributed by atoms with E-state index in [4.69, 9.17) is 0 Å². The normalized spacial score (nSPS) is 9.62. The molecule has 0 atom stereocenters. The lowest BCUT2D eigenvalue weighted by Crippen LogP contribution is -1.78. The van der Waals surface area contributed by atoms with E-state index < -0.39 is 0 Å². The molecular formula is C7H14S. The summed E-state index contributed by atoms with van der Waals surface area (Å²) < 4.78 is 0. The number of hydrogen-bond donors (Lipinski definition) is 0. The van der Waals surface area contributed by atoms with E-state index >= 15 is 0 Å². The van der Waals surface area contributed by atoms with E-state index in [0.717, 1.165) is 12.2 Å². The van der Waals surface area contributed by atoms with E-state index in [9.17, 15) is 0 Å². The van der Waals surface area contributed by atoms with E-state index in [1.54, 1.807) is 0 Å². The van der Waals surface area contributed by atoms with Gasteiger partial charge < -0.3 is 6.92 Å². The van der Waals surface area contributed by atoms with Crippen molar-refractivity contribution in [2.75, 3.05) is 11.5 Å². The Morgan fingerprint density at radius 2 is 2.12 bits per heavy atom. The van der Waals surface area contributed by atoms with E-state index in [2.05, 4.69) is 13.8 Å². The van der Waals surface area contributed by atoms with Gasteiger partial charge in [0.25, 0.3) is 0 Å². The maximum atomic E-state index is 3.76. The van der Waals surface area contributed by atoms with Crippen LogP contribution in [0.1, 0.15) is 19.3 Å². The summed E-state index contributed by atoms with van der Waals surface area (Å²) in [7, 11) is 0. The zero-order chi connectivity index (χ0) is 6.24. The van der Waals surface area contributed by atoms with Crippen LogP contribution >= 0.6 is 11.8 Å². The lowest BCUT2D eigenvalue weighted by atomic mass is 10.3. The average molecular weight is 130 g/mol. The van der Waals surface area contributed by atoms with Crippen LogP contribution in [0.2, 0.25) is 0 Å². The van der Waals surface area contributed by atoms with Gasteiger partial charge in [0.2, 0.25) is 0 Å². The molecule has 0 heterocycles. The molecule has 0 unspecified atom stereocenters. The van der Waals surface area contributed by atoms with Gasteiger partial charge in [-0.25, -0.2) is 0 Å². The second-order valence-electron chi connectivity index (χ2n) is 1.67. The number of unbranched alkanes of at least 4 members (excludes halogenated alkanes) is 2. The standard InChI is InChI=1S/C7H14S/c1-3-5-6-7-8-4-2/h1-7H2. The van der Waals surface area contributed by atoms with Gasteiger partial charge in [0.15, 0.2) is 0 Å². The van der Waals surface area contributed by atoms with Gasteiger partial charge in [-0.05, 0) is 12.2 Å². The molecule has 0 aliphatic heterocycles. The minimum absolute atomic E-state index is 1.01. The Balaban J connectivity index is 2.53. The van der Waals surface area contributed by atoms with Gasteiger partial charge >= 0.3 is 0 Å². The average Bonchev–Trinajstić information content (AvgIpc) is 1.81. The van der Waals surface area contributed by atoms with Crippen molar-refractivity contribution in [1.82, 2.24) is 0 Å². The van der Waals surface area contributed by atoms with E-state index in [1.165, 1.54) is 18.6 Å². The van der Waals surface area contributed by atoms with Crippen LogP contribution in [0.5, 0.6) is 0 Å². The Hall–Kier alpha value is 0.220. The van der Waals surface area contributed by atoms with Gasteiger partial charge in [-0.1, -0.05) is 6.42 Å². The molecule has 0 aromatic heterocycles. The lowest BCUT2D eigenvalue weighted by Gasteiger charge is -1.95. The monoisotopic (exact) mass is 130 g/mol. The molecule has 0 rings (SSSR count). The van der Waals surface area contributed by atoms with E-state index in [0.29, 0.717) is 0 Å². The fraction of sp³-hybridized carbons (Fsp3) is 0.714. The van der Waals surface area contributed by atoms with Crippen molar-refractivity contribution in [3.8, 4) is 0 Å². The largest absolute Gasteiger partial charge is 0.343 e. The molecule has 0 aliphatic carbocycles. The van der Waals surface area contributed by atoms with Crippen molar-refractivity contribution in [3.63, 3.8) is 0 Å².